The van der Waals surface area contributed by atoms with Crippen molar-refractivity contribution in [3.8, 4) is 0 Å². The van der Waals surface area contributed by atoms with Crippen LogP contribution >= 0.6 is 0 Å². The van der Waals surface area contributed by atoms with Crippen LogP contribution < -0.4 is 0 Å². The average molecular weight is 248 g/mol. The molecule has 0 radical (unpaired) electrons. The second-order valence-corrected chi connectivity index (χ2v) is 3.07. The van der Waals surface area contributed by atoms with Crippen LogP contribution in [0.1, 0.15) is 39.5 Å². The summed E-state index contributed by atoms with van der Waals surface area (Å²) < 4.78 is 0. The summed E-state index contributed by atoms with van der Waals surface area (Å²) in [6.45, 7) is 3.66. The standard InChI is InChI=1S/C10H16O4.2Na.2H/c1-3-5-7(9(11)12)8(6-4-2)10(13)14;;;;/h3-6H2,1-2H3,(H,11,12)(H,13,14);;;;/b8-7-;;;;. The molecule has 0 unspecified atom stereocenters. The van der Waals surface area contributed by atoms with E-state index in [0.29, 0.717) is 25.7 Å². The summed E-state index contributed by atoms with van der Waals surface area (Å²) in [4.78, 5) is 21.6. The predicted octanol–water partition coefficient (Wildman–Crippen LogP) is 0.755. The molecular weight excluding hydrogens is 230 g/mol. The molecule has 0 saturated heterocycles. The quantitative estimate of drug-likeness (QED) is 0.537. The molecule has 0 amide bonds. The first-order valence-corrected chi connectivity index (χ1v) is 4.73. The van der Waals surface area contributed by atoms with Crippen LogP contribution in [-0.4, -0.2) is 81.3 Å². The van der Waals surface area contributed by atoms with Crippen molar-refractivity contribution < 1.29 is 19.8 Å². The molecule has 0 rings (SSSR count). The van der Waals surface area contributed by atoms with Gasteiger partial charge in [0.05, 0.1) is 0 Å². The molecule has 0 aromatic rings. The van der Waals surface area contributed by atoms with Crippen molar-refractivity contribution in [1.29, 1.82) is 0 Å². The topological polar surface area (TPSA) is 74.6 Å². The summed E-state index contributed by atoms with van der Waals surface area (Å²) in [5.74, 6) is -2.23. The van der Waals surface area contributed by atoms with Gasteiger partial charge in [0.25, 0.3) is 0 Å². The van der Waals surface area contributed by atoms with Crippen molar-refractivity contribution in [2.24, 2.45) is 0 Å². The third-order valence-electron chi connectivity index (χ3n) is 1.88. The first kappa shape index (κ1) is 21.9. The number of hydrogen-bond acceptors (Lipinski definition) is 2. The first-order chi connectivity index (χ1) is 6.54. The number of hydrogen-bond donors (Lipinski definition) is 2. The zero-order valence-corrected chi connectivity index (χ0v) is 8.54. The normalized spacial score (nSPS) is 10.6. The minimum atomic E-state index is -1.11. The van der Waals surface area contributed by atoms with Crippen molar-refractivity contribution in [2.75, 3.05) is 0 Å². The summed E-state index contributed by atoms with van der Waals surface area (Å²) in [5.41, 5.74) is 0.0868. The van der Waals surface area contributed by atoms with E-state index in [9.17, 15) is 9.59 Å². The second-order valence-electron chi connectivity index (χ2n) is 3.07. The van der Waals surface area contributed by atoms with Gasteiger partial charge in [-0.15, -0.1) is 0 Å². The van der Waals surface area contributed by atoms with Crippen LogP contribution in [0, 0.1) is 0 Å². The number of aliphatic carboxylic acids is 2. The molecule has 2 N–H and O–H groups in total. The predicted molar refractivity (Wildman–Crippen MR) is 66.4 cm³/mol. The molecule has 0 aliphatic rings. The van der Waals surface area contributed by atoms with E-state index in [4.69, 9.17) is 10.2 Å². The molecule has 0 aromatic heterocycles. The van der Waals surface area contributed by atoms with Crippen LogP contribution in [0.5, 0.6) is 0 Å². The molecule has 0 spiro atoms. The Hall–Kier alpha value is 0.680. The van der Waals surface area contributed by atoms with Gasteiger partial charge in [0.1, 0.15) is 0 Å². The maximum atomic E-state index is 10.8. The zero-order valence-electron chi connectivity index (χ0n) is 8.54. The minimum absolute atomic E-state index is 0. The van der Waals surface area contributed by atoms with E-state index in [-0.39, 0.29) is 70.3 Å². The van der Waals surface area contributed by atoms with Gasteiger partial charge in [-0.25, -0.2) is 9.59 Å². The molecule has 0 atom stereocenters. The van der Waals surface area contributed by atoms with Crippen molar-refractivity contribution in [3.63, 3.8) is 0 Å². The van der Waals surface area contributed by atoms with Crippen LogP contribution in [0.4, 0.5) is 0 Å². The van der Waals surface area contributed by atoms with Crippen LogP contribution in [0.15, 0.2) is 11.1 Å². The summed E-state index contributed by atoms with van der Waals surface area (Å²) >= 11 is 0. The Morgan fingerprint density at radius 1 is 0.812 bits per heavy atom. The van der Waals surface area contributed by atoms with E-state index in [1.807, 2.05) is 13.8 Å². The Balaban J connectivity index is -0.000000845. The van der Waals surface area contributed by atoms with Gasteiger partial charge in [0.2, 0.25) is 0 Å². The Bertz CT molecular complexity index is 236. The van der Waals surface area contributed by atoms with Crippen LogP contribution in [0.25, 0.3) is 0 Å². The monoisotopic (exact) mass is 248 g/mol. The summed E-state index contributed by atoms with van der Waals surface area (Å²) in [6, 6.07) is 0. The van der Waals surface area contributed by atoms with Gasteiger partial charge in [-0.3, -0.25) is 0 Å². The molecule has 0 aliphatic carbocycles. The van der Waals surface area contributed by atoms with E-state index in [1.54, 1.807) is 0 Å². The molecule has 0 heterocycles. The van der Waals surface area contributed by atoms with Crippen molar-refractivity contribution >= 4 is 71.1 Å². The molecule has 6 heteroatoms. The fourth-order valence-electron chi connectivity index (χ4n) is 1.27. The molecule has 0 aliphatic heterocycles. The molecule has 84 valence electrons. The van der Waals surface area contributed by atoms with Gasteiger partial charge in [-0.1, -0.05) is 26.7 Å². The molecule has 0 bridgehead atoms. The van der Waals surface area contributed by atoms with E-state index in [1.165, 1.54) is 0 Å². The number of carboxylic acids is 2. The summed E-state index contributed by atoms with van der Waals surface area (Å²) in [6.07, 6.45) is 1.91. The van der Waals surface area contributed by atoms with Crippen LogP contribution in [-0.2, 0) is 9.59 Å². The zero-order chi connectivity index (χ0) is 11.1. The summed E-state index contributed by atoms with van der Waals surface area (Å²) in [5, 5.41) is 17.7. The van der Waals surface area contributed by atoms with Gasteiger partial charge < -0.3 is 10.2 Å². The molecule has 0 fully saturated rings. The number of carboxylic acid groups (broad SMARTS) is 2. The molecule has 4 nitrogen and oxygen atoms in total. The van der Waals surface area contributed by atoms with Crippen LogP contribution in [0.3, 0.4) is 0 Å². The van der Waals surface area contributed by atoms with Gasteiger partial charge >= 0.3 is 71.1 Å². The average Bonchev–Trinajstić information content (AvgIpc) is 2.10. The number of rotatable bonds is 6. The Morgan fingerprint density at radius 2 is 1.06 bits per heavy atom. The molecule has 0 saturated carbocycles. The van der Waals surface area contributed by atoms with Gasteiger partial charge in [-0.05, 0) is 12.8 Å². The third-order valence-corrected chi connectivity index (χ3v) is 1.88. The van der Waals surface area contributed by atoms with Crippen molar-refractivity contribution in [2.45, 2.75) is 39.5 Å². The van der Waals surface area contributed by atoms with Gasteiger partial charge in [0, 0.05) is 11.1 Å². The van der Waals surface area contributed by atoms with Crippen molar-refractivity contribution in [1.82, 2.24) is 0 Å². The van der Waals surface area contributed by atoms with E-state index in [2.05, 4.69) is 0 Å². The Morgan fingerprint density at radius 3 is 1.19 bits per heavy atom. The van der Waals surface area contributed by atoms with Crippen molar-refractivity contribution in [3.05, 3.63) is 11.1 Å². The summed E-state index contributed by atoms with van der Waals surface area (Å²) in [7, 11) is 0. The first-order valence-electron chi connectivity index (χ1n) is 4.73. The maximum absolute atomic E-state index is 10.8. The van der Waals surface area contributed by atoms with E-state index < -0.39 is 11.9 Å². The molecule has 0 aromatic carbocycles. The van der Waals surface area contributed by atoms with E-state index >= 15 is 0 Å². The fourth-order valence-corrected chi connectivity index (χ4v) is 1.27. The molecular formula is C10H18Na2O4. The van der Waals surface area contributed by atoms with E-state index in [0.717, 1.165) is 0 Å². The Kier molecular flexibility index (Phi) is 16.6. The second kappa shape index (κ2) is 12.1. The number of carbonyl (C=O) groups is 2. The molecule has 16 heavy (non-hydrogen) atoms. The fraction of sp³-hybridized carbons (Fsp3) is 0.600. The van der Waals surface area contributed by atoms with Crippen LogP contribution in [0.2, 0.25) is 0 Å². The van der Waals surface area contributed by atoms with Gasteiger partial charge in [0.15, 0.2) is 0 Å². The SMILES string of the molecule is CCC/C(C(=O)O)=C(\CCC)C(=O)O.[NaH].[NaH]. The third kappa shape index (κ3) is 7.87. The van der Waals surface area contributed by atoms with Gasteiger partial charge in [-0.2, -0.15) is 0 Å². The Labute approximate surface area is 140 Å².